The second-order valence-corrected chi connectivity index (χ2v) is 9.76. The van der Waals surface area contributed by atoms with Gasteiger partial charge >= 0.3 is 0 Å². The van der Waals surface area contributed by atoms with Gasteiger partial charge in [-0.2, -0.15) is 5.10 Å². The SMILES string of the molecule is CC1(C)CC(n2nnc3cc(-c4cc(O)c(-c5cn[nH]c5)cc4F)nnc32)CC(C)(C)N1.Cl. The summed E-state index contributed by atoms with van der Waals surface area (Å²) >= 11 is 0. The first kappa shape index (κ1) is 23.1. The minimum Gasteiger partial charge on any atom is -0.507 e. The summed E-state index contributed by atoms with van der Waals surface area (Å²) in [4.78, 5) is 0. The van der Waals surface area contributed by atoms with Gasteiger partial charge in [0, 0.05) is 34.0 Å². The molecule has 3 N–H and O–H groups in total. The van der Waals surface area contributed by atoms with E-state index in [1.165, 1.54) is 18.3 Å². The lowest BCUT2D eigenvalue weighted by Gasteiger charge is -2.46. The van der Waals surface area contributed by atoms with E-state index in [4.69, 9.17) is 0 Å². The third-order valence-electron chi connectivity index (χ3n) is 5.91. The van der Waals surface area contributed by atoms with Crippen molar-refractivity contribution in [3.05, 3.63) is 36.4 Å². The predicted molar refractivity (Wildman–Crippen MR) is 125 cm³/mol. The number of benzene rings is 1. The van der Waals surface area contributed by atoms with E-state index >= 15 is 0 Å². The van der Waals surface area contributed by atoms with Crippen LogP contribution in [0, 0.1) is 5.82 Å². The first-order valence-electron chi connectivity index (χ1n) is 10.5. The van der Waals surface area contributed by atoms with Crippen molar-refractivity contribution in [2.24, 2.45) is 0 Å². The zero-order valence-corrected chi connectivity index (χ0v) is 19.6. The second-order valence-electron chi connectivity index (χ2n) is 9.76. The van der Waals surface area contributed by atoms with Gasteiger partial charge in [0.2, 0.25) is 5.65 Å². The van der Waals surface area contributed by atoms with Gasteiger partial charge in [-0.1, -0.05) is 5.21 Å². The molecule has 4 aromatic rings. The minimum atomic E-state index is -0.526. The Bertz CT molecular complexity index is 1290. The summed E-state index contributed by atoms with van der Waals surface area (Å²) in [5.41, 5.74) is 2.32. The summed E-state index contributed by atoms with van der Waals surface area (Å²) in [5, 5.41) is 37.8. The smallest absolute Gasteiger partial charge is 0.201 e. The highest BCUT2D eigenvalue weighted by molar-refractivity contribution is 5.85. The van der Waals surface area contributed by atoms with Crippen LogP contribution in [0.3, 0.4) is 0 Å². The number of aromatic hydroxyl groups is 1. The number of phenols is 1. The molecule has 1 saturated heterocycles. The lowest BCUT2D eigenvalue weighted by Crippen LogP contribution is -2.58. The number of piperidine rings is 1. The summed E-state index contributed by atoms with van der Waals surface area (Å²) < 4.78 is 16.7. The number of halogens is 2. The van der Waals surface area contributed by atoms with Gasteiger partial charge in [0.05, 0.1) is 17.9 Å². The lowest BCUT2D eigenvalue weighted by molar-refractivity contribution is 0.127. The minimum absolute atomic E-state index is 0. The van der Waals surface area contributed by atoms with E-state index in [1.807, 2.05) is 4.68 Å². The van der Waals surface area contributed by atoms with Gasteiger partial charge in [0.15, 0.2) is 0 Å². The maximum Gasteiger partial charge on any atom is 0.201 e. The summed E-state index contributed by atoms with van der Waals surface area (Å²) in [6.07, 6.45) is 4.84. The van der Waals surface area contributed by atoms with Crippen molar-refractivity contribution in [2.45, 2.75) is 57.7 Å². The van der Waals surface area contributed by atoms with Crippen molar-refractivity contribution in [1.29, 1.82) is 0 Å². The number of phenolic OH excluding ortho intramolecular Hbond substituents is 1. The Morgan fingerprint density at radius 3 is 2.42 bits per heavy atom. The molecule has 174 valence electrons. The Morgan fingerprint density at radius 1 is 1.03 bits per heavy atom. The topological polar surface area (TPSA) is 117 Å². The molecule has 0 aliphatic carbocycles. The van der Waals surface area contributed by atoms with Crippen LogP contribution in [0.15, 0.2) is 30.6 Å². The van der Waals surface area contributed by atoms with E-state index in [2.05, 4.69) is 63.7 Å². The van der Waals surface area contributed by atoms with Gasteiger partial charge in [-0.15, -0.1) is 27.7 Å². The van der Waals surface area contributed by atoms with Gasteiger partial charge in [-0.05, 0) is 58.7 Å². The average Bonchev–Trinajstić information content (AvgIpc) is 3.36. The van der Waals surface area contributed by atoms with Crippen LogP contribution in [-0.2, 0) is 0 Å². The van der Waals surface area contributed by atoms with Crippen LogP contribution in [0.4, 0.5) is 4.39 Å². The third kappa shape index (κ3) is 4.28. The highest BCUT2D eigenvalue weighted by Gasteiger charge is 2.39. The largest absolute Gasteiger partial charge is 0.507 e. The highest BCUT2D eigenvalue weighted by atomic mass is 35.5. The van der Waals surface area contributed by atoms with Crippen LogP contribution in [0.2, 0.25) is 0 Å². The fourth-order valence-electron chi connectivity index (χ4n) is 4.96. The number of nitrogens with zero attached hydrogens (tertiary/aromatic N) is 6. The molecule has 0 saturated carbocycles. The van der Waals surface area contributed by atoms with E-state index in [-0.39, 0.29) is 46.5 Å². The predicted octanol–water partition coefficient (Wildman–Crippen LogP) is 4.03. The fourth-order valence-corrected chi connectivity index (χ4v) is 4.96. The molecule has 1 aromatic carbocycles. The number of hydrogen-bond donors (Lipinski definition) is 3. The number of nitrogens with one attached hydrogen (secondary N) is 2. The van der Waals surface area contributed by atoms with Gasteiger partial charge in [-0.25, -0.2) is 9.07 Å². The average molecular weight is 473 g/mol. The summed E-state index contributed by atoms with van der Waals surface area (Å²) in [7, 11) is 0. The maximum absolute atomic E-state index is 14.9. The number of rotatable bonds is 3. The van der Waals surface area contributed by atoms with Crippen LogP contribution in [-0.4, -0.2) is 51.6 Å². The van der Waals surface area contributed by atoms with Crippen molar-refractivity contribution in [1.82, 2.24) is 40.7 Å². The number of H-pyrrole nitrogens is 1. The van der Waals surface area contributed by atoms with Crippen LogP contribution < -0.4 is 5.32 Å². The summed E-state index contributed by atoms with van der Waals surface area (Å²) in [5.74, 6) is -0.602. The van der Waals surface area contributed by atoms with Gasteiger partial charge in [-0.3, -0.25) is 5.10 Å². The molecule has 33 heavy (non-hydrogen) atoms. The van der Waals surface area contributed by atoms with Crippen LogP contribution in [0.1, 0.15) is 46.6 Å². The van der Waals surface area contributed by atoms with E-state index in [0.717, 1.165) is 12.8 Å². The van der Waals surface area contributed by atoms with E-state index < -0.39 is 5.82 Å². The van der Waals surface area contributed by atoms with E-state index in [1.54, 1.807) is 12.3 Å². The maximum atomic E-state index is 14.9. The molecule has 0 spiro atoms. The second kappa shape index (κ2) is 8.03. The van der Waals surface area contributed by atoms with Crippen LogP contribution >= 0.6 is 12.4 Å². The molecule has 1 aliphatic rings. The Kier molecular flexibility index (Phi) is 5.61. The molecule has 0 bridgehead atoms. The summed E-state index contributed by atoms with van der Waals surface area (Å²) in [6.45, 7) is 8.69. The molecule has 9 nitrogen and oxygen atoms in total. The molecular formula is C22H26ClFN8O. The molecule has 0 atom stereocenters. The molecular weight excluding hydrogens is 447 g/mol. The lowest BCUT2D eigenvalue weighted by atomic mass is 9.80. The Balaban J connectivity index is 0.00000259. The Hall–Kier alpha value is -3.11. The molecule has 0 radical (unpaired) electrons. The van der Waals surface area contributed by atoms with Crippen molar-refractivity contribution in [3.63, 3.8) is 0 Å². The Labute approximate surface area is 196 Å². The number of fused-ring (bicyclic) bond motifs is 1. The van der Waals surface area contributed by atoms with Crippen molar-refractivity contribution < 1.29 is 9.50 Å². The number of aromatic amines is 1. The van der Waals surface area contributed by atoms with Crippen molar-refractivity contribution in [2.75, 3.05) is 0 Å². The van der Waals surface area contributed by atoms with E-state index in [9.17, 15) is 9.50 Å². The highest BCUT2D eigenvalue weighted by Crippen LogP contribution is 2.37. The van der Waals surface area contributed by atoms with Gasteiger partial charge in [0.25, 0.3) is 0 Å². The Morgan fingerprint density at radius 2 is 1.76 bits per heavy atom. The molecule has 0 unspecified atom stereocenters. The zero-order chi connectivity index (χ0) is 22.7. The summed E-state index contributed by atoms with van der Waals surface area (Å²) in [6, 6.07) is 4.37. The quantitative estimate of drug-likeness (QED) is 0.412. The number of aromatic nitrogens is 7. The first-order valence-corrected chi connectivity index (χ1v) is 10.5. The van der Waals surface area contributed by atoms with Crippen LogP contribution in [0.25, 0.3) is 33.5 Å². The van der Waals surface area contributed by atoms with Crippen molar-refractivity contribution in [3.8, 4) is 28.1 Å². The van der Waals surface area contributed by atoms with Crippen molar-refractivity contribution >= 4 is 23.6 Å². The fraction of sp³-hybridized carbons (Fsp3) is 0.409. The molecule has 11 heteroatoms. The van der Waals surface area contributed by atoms with Gasteiger partial charge in [0.1, 0.15) is 17.1 Å². The zero-order valence-electron chi connectivity index (χ0n) is 18.8. The molecule has 5 rings (SSSR count). The normalized spacial score (nSPS) is 17.7. The number of hydrogen-bond acceptors (Lipinski definition) is 7. The standard InChI is InChI=1S/C22H25FN8O.ClH/c1-21(2)8-13(9-22(3,4)29-21)31-20-18(27-30-31)7-17(26-28-20)15-6-19(32)14(5-16(15)23)12-10-24-25-11-12;/h5-7,10-11,13,29,32H,8-9H2,1-4H3,(H,24,25);1H. The molecule has 1 fully saturated rings. The van der Waals surface area contributed by atoms with E-state index in [0.29, 0.717) is 22.3 Å². The monoisotopic (exact) mass is 472 g/mol. The molecule has 1 aliphatic heterocycles. The van der Waals surface area contributed by atoms with Gasteiger partial charge < -0.3 is 10.4 Å². The third-order valence-corrected chi connectivity index (χ3v) is 5.91. The molecule has 0 amide bonds. The molecule has 3 aromatic heterocycles. The first-order chi connectivity index (χ1) is 15.1. The van der Waals surface area contributed by atoms with Crippen LogP contribution in [0.5, 0.6) is 5.75 Å². The molecule has 4 heterocycles.